The molecule has 1 amide bonds. The zero-order valence-corrected chi connectivity index (χ0v) is 15.8. The Morgan fingerprint density at radius 3 is 2.42 bits per heavy atom. The molecule has 8 heteroatoms. The van der Waals surface area contributed by atoms with Gasteiger partial charge in [-0.05, 0) is 12.1 Å². The topological polar surface area (TPSA) is 73.9 Å². The van der Waals surface area contributed by atoms with E-state index in [0.717, 1.165) is 15.8 Å². The number of carbonyl (C=O) groups is 1. The van der Waals surface area contributed by atoms with E-state index in [1.807, 2.05) is 6.07 Å². The van der Waals surface area contributed by atoms with Crippen LogP contribution in [0.2, 0.25) is 0 Å². The molecule has 0 saturated carbocycles. The summed E-state index contributed by atoms with van der Waals surface area (Å²) in [6, 6.07) is 5.34. The zero-order valence-electron chi connectivity index (χ0n) is 13.4. The largest absolute Gasteiger partial charge is 0.378 e. The van der Waals surface area contributed by atoms with Crippen molar-refractivity contribution in [2.45, 2.75) is 11.4 Å². The number of benzene rings is 1. The molecule has 1 aromatic rings. The molecule has 134 valence electrons. The van der Waals surface area contributed by atoms with Crippen LogP contribution < -0.4 is 5.32 Å². The summed E-state index contributed by atoms with van der Waals surface area (Å²) in [4.78, 5) is 12.3. The highest BCUT2D eigenvalue weighted by Gasteiger charge is 2.23. The molecule has 0 radical (unpaired) electrons. The van der Waals surface area contributed by atoms with Crippen LogP contribution in [0.15, 0.2) is 23.1 Å². The number of ether oxygens (including phenoxy) is 3. The van der Waals surface area contributed by atoms with Crippen molar-refractivity contribution < 1.29 is 23.2 Å². The lowest BCUT2D eigenvalue weighted by atomic mass is 10.1. The molecule has 0 spiro atoms. The van der Waals surface area contributed by atoms with Crippen molar-refractivity contribution >= 4 is 32.6 Å². The lowest BCUT2D eigenvalue weighted by molar-refractivity contribution is 0.0205. The van der Waals surface area contributed by atoms with E-state index in [9.17, 15) is 9.00 Å². The Morgan fingerprint density at radius 2 is 1.71 bits per heavy atom. The summed E-state index contributed by atoms with van der Waals surface area (Å²) in [6.07, 6.45) is 0. The van der Waals surface area contributed by atoms with Crippen LogP contribution in [0.3, 0.4) is 0 Å². The number of rotatable bonds is 12. The van der Waals surface area contributed by atoms with Gasteiger partial charge in [0.2, 0.25) is 0 Å². The van der Waals surface area contributed by atoms with Crippen molar-refractivity contribution in [3.63, 3.8) is 0 Å². The van der Waals surface area contributed by atoms with Gasteiger partial charge in [-0.25, -0.2) is 0 Å². The van der Waals surface area contributed by atoms with E-state index in [0.29, 0.717) is 57.5 Å². The SMILES string of the molecule is O=C1NCc2c1cccc2S(=O)CCOCCOCCOCCBr. The molecule has 1 aliphatic rings. The van der Waals surface area contributed by atoms with Gasteiger partial charge in [-0.1, -0.05) is 22.0 Å². The maximum absolute atomic E-state index is 12.4. The van der Waals surface area contributed by atoms with Crippen LogP contribution in [-0.2, 0) is 31.6 Å². The zero-order chi connectivity index (χ0) is 17.2. The van der Waals surface area contributed by atoms with Crippen molar-refractivity contribution in [2.75, 3.05) is 50.7 Å². The van der Waals surface area contributed by atoms with Gasteiger partial charge in [0.15, 0.2) is 0 Å². The van der Waals surface area contributed by atoms with Gasteiger partial charge in [0.05, 0.1) is 56.2 Å². The van der Waals surface area contributed by atoms with Crippen LogP contribution in [0.5, 0.6) is 0 Å². The van der Waals surface area contributed by atoms with Crippen molar-refractivity contribution in [2.24, 2.45) is 0 Å². The first-order valence-corrected chi connectivity index (χ1v) is 10.3. The van der Waals surface area contributed by atoms with E-state index in [2.05, 4.69) is 21.2 Å². The maximum Gasteiger partial charge on any atom is 0.251 e. The second-order valence-electron chi connectivity index (χ2n) is 5.04. The van der Waals surface area contributed by atoms with Gasteiger partial charge in [0, 0.05) is 27.9 Å². The van der Waals surface area contributed by atoms with Crippen molar-refractivity contribution in [3.8, 4) is 0 Å². The fourth-order valence-corrected chi connectivity index (χ4v) is 3.68. The predicted octanol–water partition coefficient (Wildman–Crippen LogP) is 1.48. The van der Waals surface area contributed by atoms with Crippen molar-refractivity contribution in [3.05, 3.63) is 29.3 Å². The number of carbonyl (C=O) groups excluding carboxylic acids is 1. The fourth-order valence-electron chi connectivity index (χ4n) is 2.28. The summed E-state index contributed by atoms with van der Waals surface area (Å²) >= 11 is 3.28. The maximum atomic E-state index is 12.4. The number of amides is 1. The van der Waals surface area contributed by atoms with Gasteiger partial charge >= 0.3 is 0 Å². The Bertz CT molecular complexity index is 569. The Labute approximate surface area is 152 Å². The molecule has 6 nitrogen and oxygen atoms in total. The smallest absolute Gasteiger partial charge is 0.251 e. The van der Waals surface area contributed by atoms with Gasteiger partial charge in [-0.3, -0.25) is 9.00 Å². The first-order valence-electron chi connectivity index (χ1n) is 7.81. The standard InChI is InChI=1S/C16H22BrNO5S/c17-4-5-21-6-7-22-8-9-23-10-11-24(20)15-3-1-2-13-14(15)12-18-16(13)19/h1-3H,4-12H2,(H,18,19). The second-order valence-corrected chi connectivity index (χ2v) is 7.37. The van der Waals surface area contributed by atoms with Gasteiger partial charge in [-0.15, -0.1) is 0 Å². The Balaban J connectivity index is 1.60. The van der Waals surface area contributed by atoms with Gasteiger partial charge < -0.3 is 19.5 Å². The van der Waals surface area contributed by atoms with E-state index < -0.39 is 10.8 Å². The van der Waals surface area contributed by atoms with E-state index in [4.69, 9.17) is 14.2 Å². The molecule has 1 unspecified atom stereocenters. The Hall–Kier alpha value is -0.800. The molecule has 0 aliphatic carbocycles. The average molecular weight is 420 g/mol. The van der Waals surface area contributed by atoms with Crippen LogP contribution in [-0.4, -0.2) is 60.8 Å². The minimum Gasteiger partial charge on any atom is -0.378 e. The predicted molar refractivity (Wildman–Crippen MR) is 95.1 cm³/mol. The molecule has 1 aromatic carbocycles. The summed E-state index contributed by atoms with van der Waals surface area (Å²) in [6.45, 7) is 3.58. The number of halogens is 1. The first kappa shape index (κ1) is 19.5. The quantitative estimate of drug-likeness (QED) is 0.410. The molecule has 2 rings (SSSR count). The van der Waals surface area contributed by atoms with Crippen molar-refractivity contribution in [1.82, 2.24) is 5.32 Å². The van der Waals surface area contributed by atoms with Crippen LogP contribution in [0.25, 0.3) is 0 Å². The lowest BCUT2D eigenvalue weighted by Gasteiger charge is -2.08. The third-order valence-corrected chi connectivity index (χ3v) is 5.16. The summed E-state index contributed by atoms with van der Waals surface area (Å²) in [5.74, 6) is 0.302. The van der Waals surface area contributed by atoms with Crippen LogP contribution in [0.4, 0.5) is 0 Å². The van der Waals surface area contributed by atoms with E-state index in [1.54, 1.807) is 12.1 Å². The molecule has 24 heavy (non-hydrogen) atoms. The Kier molecular flexibility index (Phi) is 8.90. The highest BCUT2D eigenvalue weighted by Crippen LogP contribution is 2.22. The molecule has 0 saturated heterocycles. The van der Waals surface area contributed by atoms with E-state index >= 15 is 0 Å². The lowest BCUT2D eigenvalue weighted by Crippen LogP contribution is -2.13. The number of hydrogen-bond donors (Lipinski definition) is 1. The van der Waals surface area contributed by atoms with E-state index in [-0.39, 0.29) is 5.91 Å². The van der Waals surface area contributed by atoms with Crippen LogP contribution >= 0.6 is 15.9 Å². The first-order chi connectivity index (χ1) is 11.7. The summed E-state index contributed by atoms with van der Waals surface area (Å²) in [5, 5.41) is 3.58. The van der Waals surface area contributed by atoms with Crippen molar-refractivity contribution in [1.29, 1.82) is 0 Å². The summed E-state index contributed by atoms with van der Waals surface area (Å²) in [7, 11) is -1.18. The molecule has 1 aliphatic heterocycles. The highest BCUT2D eigenvalue weighted by atomic mass is 79.9. The third-order valence-electron chi connectivity index (χ3n) is 3.43. The number of alkyl halides is 1. The third kappa shape index (κ3) is 5.93. The van der Waals surface area contributed by atoms with Gasteiger partial charge in [-0.2, -0.15) is 0 Å². The minimum atomic E-state index is -1.18. The molecule has 1 heterocycles. The highest BCUT2D eigenvalue weighted by molar-refractivity contribution is 9.09. The molecule has 1 N–H and O–H groups in total. The fraction of sp³-hybridized carbons (Fsp3) is 0.562. The van der Waals surface area contributed by atoms with Gasteiger partial charge in [0.1, 0.15) is 0 Å². The molecule has 0 aromatic heterocycles. The number of hydrogen-bond acceptors (Lipinski definition) is 5. The second kappa shape index (κ2) is 10.9. The minimum absolute atomic E-state index is 0.0997. The molecular weight excluding hydrogens is 398 g/mol. The van der Waals surface area contributed by atoms with Crippen LogP contribution in [0.1, 0.15) is 15.9 Å². The number of fused-ring (bicyclic) bond motifs is 1. The normalized spacial score (nSPS) is 14.5. The van der Waals surface area contributed by atoms with Crippen LogP contribution in [0, 0.1) is 0 Å². The van der Waals surface area contributed by atoms with E-state index in [1.165, 1.54) is 0 Å². The molecule has 1 atom stereocenters. The molecule has 0 fully saturated rings. The Morgan fingerprint density at radius 1 is 1.04 bits per heavy atom. The number of nitrogens with one attached hydrogen (secondary N) is 1. The summed E-state index contributed by atoms with van der Waals surface area (Å²) in [5.41, 5.74) is 1.46. The summed E-state index contributed by atoms with van der Waals surface area (Å²) < 4.78 is 28.4. The molecule has 0 bridgehead atoms. The van der Waals surface area contributed by atoms with Gasteiger partial charge in [0.25, 0.3) is 5.91 Å². The monoisotopic (exact) mass is 419 g/mol. The average Bonchev–Trinajstić information content (AvgIpc) is 2.98. The molecular formula is C16H22BrNO5S.